The van der Waals surface area contributed by atoms with Gasteiger partial charge in [0.15, 0.2) is 9.84 Å². The van der Waals surface area contributed by atoms with Crippen LogP contribution in [0.5, 0.6) is 0 Å². The van der Waals surface area contributed by atoms with Gasteiger partial charge in [-0.15, -0.1) is 12.4 Å². The Morgan fingerprint density at radius 2 is 1.81 bits per heavy atom. The predicted molar refractivity (Wildman–Crippen MR) is 67.7 cm³/mol. The molecule has 0 radical (unpaired) electrons. The molecule has 0 atom stereocenters. The average Bonchev–Trinajstić information content (AvgIpc) is 2.11. The first kappa shape index (κ1) is 18.0. The zero-order chi connectivity index (χ0) is 11.7. The van der Waals surface area contributed by atoms with Crippen LogP contribution in [0.4, 0.5) is 0 Å². The van der Waals surface area contributed by atoms with Gasteiger partial charge in [0.2, 0.25) is 5.91 Å². The average molecular weight is 273 g/mol. The maximum absolute atomic E-state index is 11.3. The van der Waals surface area contributed by atoms with Gasteiger partial charge in [0.05, 0.1) is 5.75 Å². The molecule has 0 saturated carbocycles. The van der Waals surface area contributed by atoms with E-state index in [4.69, 9.17) is 0 Å². The molecule has 98 valence electrons. The lowest BCUT2D eigenvalue weighted by atomic mass is 10.5. The number of carbonyl (C=O) groups excluding carboxylic acids is 1. The highest BCUT2D eigenvalue weighted by molar-refractivity contribution is 7.92. The summed E-state index contributed by atoms with van der Waals surface area (Å²) in [6.07, 6.45) is 0.549. The van der Waals surface area contributed by atoms with Crippen LogP contribution in [0, 0.1) is 0 Å². The summed E-state index contributed by atoms with van der Waals surface area (Å²) in [5.74, 6) is -0.734. The minimum atomic E-state index is -3.21. The zero-order valence-electron chi connectivity index (χ0n) is 9.78. The van der Waals surface area contributed by atoms with Crippen LogP contribution in [0.1, 0.15) is 20.3 Å². The highest BCUT2D eigenvalue weighted by Gasteiger charge is 2.14. The van der Waals surface area contributed by atoms with Gasteiger partial charge >= 0.3 is 0 Å². The number of rotatable bonds is 8. The number of hydrogen-bond donors (Lipinski definition) is 2. The Labute approximate surface area is 104 Å². The molecule has 0 aliphatic carbocycles. The van der Waals surface area contributed by atoms with E-state index >= 15 is 0 Å². The maximum Gasteiger partial charge on any atom is 0.235 e. The topological polar surface area (TPSA) is 75.3 Å². The molecule has 7 heteroatoms. The smallest absolute Gasteiger partial charge is 0.235 e. The number of likely N-dealkylation sites (N-methyl/N-ethyl adjacent to an activating group) is 1. The van der Waals surface area contributed by atoms with Crippen LogP contribution in [0.3, 0.4) is 0 Å². The highest BCUT2D eigenvalue weighted by Crippen LogP contribution is 1.92. The lowest BCUT2D eigenvalue weighted by Crippen LogP contribution is -2.35. The fraction of sp³-hybridized carbons (Fsp3) is 0.889. The van der Waals surface area contributed by atoms with E-state index in [0.29, 0.717) is 19.5 Å². The van der Waals surface area contributed by atoms with Crippen molar-refractivity contribution in [2.45, 2.75) is 20.3 Å². The van der Waals surface area contributed by atoms with Crippen LogP contribution < -0.4 is 10.6 Å². The van der Waals surface area contributed by atoms with Crippen LogP contribution in [0.2, 0.25) is 0 Å². The quantitative estimate of drug-likeness (QED) is 0.608. The third-order valence-electron chi connectivity index (χ3n) is 1.74. The fourth-order valence-electron chi connectivity index (χ4n) is 1.10. The van der Waals surface area contributed by atoms with Crippen LogP contribution in [-0.2, 0) is 14.6 Å². The largest absolute Gasteiger partial charge is 0.354 e. The molecule has 2 N–H and O–H groups in total. The summed E-state index contributed by atoms with van der Waals surface area (Å²) in [5.41, 5.74) is 0. The molecule has 16 heavy (non-hydrogen) atoms. The lowest BCUT2D eigenvalue weighted by Gasteiger charge is -2.05. The molecule has 0 aliphatic rings. The monoisotopic (exact) mass is 272 g/mol. The molecule has 0 aromatic carbocycles. The van der Waals surface area contributed by atoms with E-state index in [9.17, 15) is 13.2 Å². The van der Waals surface area contributed by atoms with E-state index in [1.807, 2.05) is 6.92 Å². The van der Waals surface area contributed by atoms with Crippen LogP contribution in [-0.4, -0.2) is 45.5 Å². The Morgan fingerprint density at radius 1 is 1.19 bits per heavy atom. The summed E-state index contributed by atoms with van der Waals surface area (Å²) in [6, 6.07) is 0. The van der Waals surface area contributed by atoms with Gasteiger partial charge in [-0.25, -0.2) is 8.42 Å². The number of nitrogens with one attached hydrogen (secondary N) is 2. The molecule has 0 spiro atoms. The number of halogens is 1. The molecule has 0 aromatic rings. The predicted octanol–water partition coefficient (Wildman–Crippen LogP) is -0.0413. The third kappa shape index (κ3) is 10.2. The first-order valence-corrected chi connectivity index (χ1v) is 7.01. The van der Waals surface area contributed by atoms with E-state index in [2.05, 4.69) is 10.6 Å². The van der Waals surface area contributed by atoms with Gasteiger partial charge in [-0.2, -0.15) is 0 Å². The Hall–Kier alpha value is -0.330. The molecule has 0 saturated heterocycles. The third-order valence-corrected chi connectivity index (χ3v) is 3.47. The summed E-state index contributed by atoms with van der Waals surface area (Å²) in [7, 11) is -3.21. The van der Waals surface area contributed by atoms with Gasteiger partial charge in [-0.05, 0) is 13.0 Å². The normalized spacial score (nSPS) is 10.6. The summed E-state index contributed by atoms with van der Waals surface area (Å²) in [5, 5.41) is 5.58. The molecule has 0 aliphatic heterocycles. The standard InChI is InChI=1S/C9H20N2O3S.ClH/c1-3-7-15(13,14)8-9(12)11-6-5-10-4-2;/h10H,3-8H2,1-2H3,(H,11,12);1H. The molecule has 0 aromatic heterocycles. The molecule has 0 heterocycles. The van der Waals surface area contributed by atoms with Crippen molar-refractivity contribution >= 4 is 28.2 Å². The van der Waals surface area contributed by atoms with Crippen LogP contribution >= 0.6 is 12.4 Å². The molecule has 0 bridgehead atoms. The van der Waals surface area contributed by atoms with Gasteiger partial charge in [0, 0.05) is 13.1 Å². The number of amides is 1. The van der Waals surface area contributed by atoms with Crippen molar-refractivity contribution in [3.63, 3.8) is 0 Å². The van der Waals surface area contributed by atoms with Crippen LogP contribution in [0.25, 0.3) is 0 Å². The molecule has 0 unspecified atom stereocenters. The van der Waals surface area contributed by atoms with Crippen molar-refractivity contribution in [3.05, 3.63) is 0 Å². The van der Waals surface area contributed by atoms with Crippen molar-refractivity contribution in [2.24, 2.45) is 0 Å². The minimum Gasteiger partial charge on any atom is -0.354 e. The van der Waals surface area contributed by atoms with E-state index in [1.54, 1.807) is 6.92 Å². The van der Waals surface area contributed by atoms with E-state index in [0.717, 1.165) is 6.54 Å². The van der Waals surface area contributed by atoms with Crippen molar-refractivity contribution < 1.29 is 13.2 Å². The first-order valence-electron chi connectivity index (χ1n) is 5.19. The fourth-order valence-corrected chi connectivity index (χ4v) is 2.37. The molecular weight excluding hydrogens is 252 g/mol. The maximum atomic E-state index is 11.3. The molecular formula is C9H21ClN2O3S. The SMILES string of the molecule is CCCS(=O)(=O)CC(=O)NCCNCC.Cl. The minimum absolute atomic E-state index is 0. The van der Waals surface area contributed by atoms with Crippen LogP contribution in [0.15, 0.2) is 0 Å². The molecule has 0 fully saturated rings. The summed E-state index contributed by atoms with van der Waals surface area (Å²) in [4.78, 5) is 11.2. The second-order valence-corrected chi connectivity index (χ2v) is 5.48. The highest BCUT2D eigenvalue weighted by atomic mass is 35.5. The second-order valence-electron chi connectivity index (χ2n) is 3.30. The number of sulfone groups is 1. The zero-order valence-corrected chi connectivity index (χ0v) is 11.4. The summed E-state index contributed by atoms with van der Waals surface area (Å²) < 4.78 is 22.5. The van der Waals surface area contributed by atoms with Gasteiger partial charge in [-0.3, -0.25) is 4.79 Å². The van der Waals surface area contributed by atoms with E-state index < -0.39 is 21.5 Å². The number of hydrogen-bond acceptors (Lipinski definition) is 4. The Morgan fingerprint density at radius 3 is 2.31 bits per heavy atom. The van der Waals surface area contributed by atoms with Gasteiger partial charge in [-0.1, -0.05) is 13.8 Å². The van der Waals surface area contributed by atoms with E-state index in [-0.39, 0.29) is 18.2 Å². The van der Waals surface area contributed by atoms with Gasteiger partial charge < -0.3 is 10.6 Å². The van der Waals surface area contributed by atoms with Gasteiger partial charge in [0.25, 0.3) is 0 Å². The number of carbonyl (C=O) groups is 1. The molecule has 0 rings (SSSR count). The van der Waals surface area contributed by atoms with E-state index in [1.165, 1.54) is 0 Å². The molecule has 1 amide bonds. The Balaban J connectivity index is 0. The Kier molecular flexibility index (Phi) is 11.1. The summed E-state index contributed by atoms with van der Waals surface area (Å²) in [6.45, 7) is 5.71. The van der Waals surface area contributed by atoms with Crippen molar-refractivity contribution in [1.29, 1.82) is 0 Å². The van der Waals surface area contributed by atoms with Crippen molar-refractivity contribution in [3.8, 4) is 0 Å². The Bertz CT molecular complexity index is 280. The summed E-state index contributed by atoms with van der Waals surface area (Å²) >= 11 is 0. The lowest BCUT2D eigenvalue weighted by molar-refractivity contribution is -0.118. The molecule has 5 nitrogen and oxygen atoms in total. The first-order chi connectivity index (χ1) is 7.02. The van der Waals surface area contributed by atoms with Crippen molar-refractivity contribution in [1.82, 2.24) is 10.6 Å². The van der Waals surface area contributed by atoms with Crippen molar-refractivity contribution in [2.75, 3.05) is 31.1 Å². The van der Waals surface area contributed by atoms with Gasteiger partial charge in [0.1, 0.15) is 5.75 Å². The second kappa shape index (κ2) is 9.86.